The lowest BCUT2D eigenvalue weighted by atomic mass is 10.8. The quantitative estimate of drug-likeness (QED) is 0.494. The highest BCUT2D eigenvalue weighted by atomic mass is 32.2. The van der Waals surface area contributed by atoms with Crippen LogP contribution in [0.25, 0.3) is 0 Å². The summed E-state index contributed by atoms with van der Waals surface area (Å²) in [5, 5.41) is 0. The molecule has 0 spiro atoms. The van der Waals surface area contributed by atoms with Crippen LogP contribution in [-0.4, -0.2) is 32.6 Å². The van der Waals surface area contributed by atoms with Gasteiger partial charge in [-0.1, -0.05) is 5.92 Å². The summed E-state index contributed by atoms with van der Waals surface area (Å²) in [6.07, 6.45) is 4.80. The van der Waals surface area contributed by atoms with Gasteiger partial charge in [-0.15, -0.1) is 6.42 Å². The van der Waals surface area contributed by atoms with Gasteiger partial charge in [0.1, 0.15) is 5.75 Å². The molecule has 0 aliphatic heterocycles. The zero-order chi connectivity index (χ0) is 7.49. The van der Waals surface area contributed by atoms with E-state index >= 15 is 0 Å². The second-order valence-corrected chi connectivity index (χ2v) is 3.93. The number of hydrogen-bond donors (Lipinski definition) is 0. The van der Waals surface area contributed by atoms with Gasteiger partial charge in [0, 0.05) is 14.1 Å². The lowest BCUT2D eigenvalue weighted by molar-refractivity contribution is 0.524. The molecule has 0 aliphatic carbocycles. The maximum Gasteiger partial charge on any atom is 0.224 e. The number of nitrogens with zero attached hydrogens (tertiary/aromatic N) is 1. The van der Waals surface area contributed by atoms with Crippen molar-refractivity contribution in [1.82, 2.24) is 4.31 Å². The predicted octanol–water partition coefficient (Wildman–Crippen LogP) is -0.489. The van der Waals surface area contributed by atoms with Crippen molar-refractivity contribution in [3.05, 3.63) is 0 Å². The van der Waals surface area contributed by atoms with Gasteiger partial charge in [0.25, 0.3) is 0 Å². The molecule has 0 N–H and O–H groups in total. The lowest BCUT2D eigenvalue weighted by Crippen LogP contribution is -2.24. The number of terminal acetylenes is 1. The van der Waals surface area contributed by atoms with Crippen LogP contribution >= 0.6 is 0 Å². The third kappa shape index (κ3) is 2.49. The van der Waals surface area contributed by atoms with Crippen LogP contribution in [0.2, 0.25) is 0 Å². The molecule has 0 radical (unpaired) electrons. The summed E-state index contributed by atoms with van der Waals surface area (Å²) in [5.74, 6) is 1.84. The molecule has 52 valence electrons. The fourth-order valence-corrected chi connectivity index (χ4v) is 0.703. The maximum absolute atomic E-state index is 10.7. The number of rotatable bonds is 2. The minimum atomic E-state index is -3.15. The molecule has 9 heavy (non-hydrogen) atoms. The SMILES string of the molecule is C#CCS(=O)(=O)N(C)C. The second-order valence-electron chi connectivity index (χ2n) is 1.74. The molecule has 0 rings (SSSR count). The van der Waals surface area contributed by atoms with Gasteiger partial charge >= 0.3 is 0 Å². The molecule has 3 nitrogen and oxygen atoms in total. The van der Waals surface area contributed by atoms with Crippen LogP contribution in [-0.2, 0) is 10.0 Å². The van der Waals surface area contributed by atoms with Crippen molar-refractivity contribution in [2.75, 3.05) is 19.8 Å². The number of sulfonamides is 1. The Hall–Kier alpha value is -0.530. The van der Waals surface area contributed by atoms with Gasteiger partial charge < -0.3 is 0 Å². The van der Waals surface area contributed by atoms with Crippen molar-refractivity contribution in [3.63, 3.8) is 0 Å². The minimum Gasteiger partial charge on any atom is -0.211 e. The molecule has 0 heterocycles. The fraction of sp³-hybridized carbons (Fsp3) is 0.600. The average molecular weight is 147 g/mol. The molecule has 0 unspecified atom stereocenters. The van der Waals surface area contributed by atoms with E-state index in [1.54, 1.807) is 0 Å². The summed E-state index contributed by atoms with van der Waals surface area (Å²) in [5.41, 5.74) is 0. The summed E-state index contributed by atoms with van der Waals surface area (Å²) in [7, 11) is -0.249. The Morgan fingerprint density at radius 3 is 2.11 bits per heavy atom. The molecule has 0 aromatic rings. The molecule has 4 heteroatoms. The smallest absolute Gasteiger partial charge is 0.211 e. The van der Waals surface area contributed by atoms with Gasteiger partial charge in [-0.25, -0.2) is 12.7 Å². The standard InChI is InChI=1S/C5H9NO2S/c1-4-5-9(7,8)6(2)3/h1H,5H2,2-3H3. The Morgan fingerprint density at radius 2 is 2.00 bits per heavy atom. The normalized spacial score (nSPS) is 11.3. The van der Waals surface area contributed by atoms with Crippen LogP contribution in [0.1, 0.15) is 0 Å². The molecule has 0 aromatic carbocycles. The van der Waals surface area contributed by atoms with E-state index in [1.807, 2.05) is 0 Å². The Balaban J connectivity index is 4.28. The first kappa shape index (κ1) is 8.47. The molecule has 0 saturated heterocycles. The van der Waals surface area contributed by atoms with Crippen molar-refractivity contribution in [2.45, 2.75) is 0 Å². The van der Waals surface area contributed by atoms with Crippen molar-refractivity contribution >= 4 is 10.0 Å². The van der Waals surface area contributed by atoms with Crippen LogP contribution in [0.15, 0.2) is 0 Å². The third-order valence-corrected chi connectivity index (χ3v) is 2.47. The Morgan fingerprint density at radius 1 is 1.56 bits per heavy atom. The molecule has 0 amide bonds. The number of hydrogen-bond acceptors (Lipinski definition) is 2. The average Bonchev–Trinajstić information content (AvgIpc) is 1.65. The van der Waals surface area contributed by atoms with E-state index in [1.165, 1.54) is 14.1 Å². The van der Waals surface area contributed by atoms with Gasteiger partial charge in [0.15, 0.2) is 0 Å². The van der Waals surface area contributed by atoms with Crippen LogP contribution in [0.4, 0.5) is 0 Å². The Kier molecular flexibility index (Phi) is 2.68. The van der Waals surface area contributed by atoms with Crippen LogP contribution in [0.5, 0.6) is 0 Å². The summed E-state index contributed by atoms with van der Waals surface area (Å²) in [6, 6.07) is 0. The van der Waals surface area contributed by atoms with Crippen LogP contribution in [0, 0.1) is 12.3 Å². The molecule has 0 atom stereocenters. The Labute approximate surface area is 55.7 Å². The topological polar surface area (TPSA) is 37.4 Å². The second kappa shape index (κ2) is 2.85. The van der Waals surface area contributed by atoms with Gasteiger partial charge in [-0.05, 0) is 0 Å². The summed E-state index contributed by atoms with van der Waals surface area (Å²) >= 11 is 0. The van der Waals surface area contributed by atoms with Crippen LogP contribution < -0.4 is 0 Å². The summed E-state index contributed by atoms with van der Waals surface area (Å²) in [4.78, 5) is 0. The van der Waals surface area contributed by atoms with Crippen LogP contribution in [0.3, 0.4) is 0 Å². The van der Waals surface area contributed by atoms with E-state index in [-0.39, 0.29) is 5.75 Å². The highest BCUT2D eigenvalue weighted by Crippen LogP contribution is 1.90. The zero-order valence-electron chi connectivity index (χ0n) is 5.46. The highest BCUT2D eigenvalue weighted by Gasteiger charge is 2.09. The molecular formula is C5H9NO2S. The van der Waals surface area contributed by atoms with Gasteiger partial charge in [0.05, 0.1) is 0 Å². The van der Waals surface area contributed by atoms with E-state index in [0.29, 0.717) is 0 Å². The van der Waals surface area contributed by atoms with Crippen molar-refractivity contribution in [3.8, 4) is 12.3 Å². The van der Waals surface area contributed by atoms with E-state index < -0.39 is 10.0 Å². The van der Waals surface area contributed by atoms with Gasteiger partial charge in [0.2, 0.25) is 10.0 Å². The molecule has 0 aliphatic rings. The molecule has 0 bridgehead atoms. The first-order valence-corrected chi connectivity index (χ1v) is 3.95. The first-order chi connectivity index (χ1) is 4.00. The van der Waals surface area contributed by atoms with Crippen molar-refractivity contribution in [1.29, 1.82) is 0 Å². The Bertz CT molecular complexity index is 210. The van der Waals surface area contributed by atoms with E-state index in [2.05, 4.69) is 5.92 Å². The molecule has 0 saturated carbocycles. The predicted molar refractivity (Wildman–Crippen MR) is 36.3 cm³/mol. The largest absolute Gasteiger partial charge is 0.224 e. The minimum absolute atomic E-state index is 0.222. The maximum atomic E-state index is 10.7. The van der Waals surface area contributed by atoms with E-state index in [9.17, 15) is 8.42 Å². The summed E-state index contributed by atoms with van der Waals surface area (Å²) < 4.78 is 22.5. The van der Waals surface area contributed by atoms with Gasteiger partial charge in [-0.3, -0.25) is 0 Å². The summed E-state index contributed by atoms with van der Waals surface area (Å²) in [6.45, 7) is 0. The van der Waals surface area contributed by atoms with Crippen molar-refractivity contribution in [2.24, 2.45) is 0 Å². The van der Waals surface area contributed by atoms with E-state index in [0.717, 1.165) is 4.31 Å². The molecular weight excluding hydrogens is 138 g/mol. The van der Waals surface area contributed by atoms with E-state index in [4.69, 9.17) is 6.42 Å². The van der Waals surface area contributed by atoms with Crippen molar-refractivity contribution < 1.29 is 8.42 Å². The fourth-order valence-electron chi connectivity index (χ4n) is 0.234. The monoisotopic (exact) mass is 147 g/mol. The highest BCUT2D eigenvalue weighted by molar-refractivity contribution is 7.89. The molecule has 0 aromatic heterocycles. The molecule has 0 fully saturated rings. The third-order valence-electron chi connectivity index (χ3n) is 0.822. The zero-order valence-corrected chi connectivity index (χ0v) is 6.27. The van der Waals surface area contributed by atoms with Gasteiger partial charge in [-0.2, -0.15) is 0 Å². The lowest BCUT2D eigenvalue weighted by Gasteiger charge is -2.06. The first-order valence-electron chi connectivity index (χ1n) is 2.34.